The molecule has 334 valence electrons. The third-order valence-electron chi connectivity index (χ3n) is 9.66. The van der Waals surface area contributed by atoms with Crippen LogP contribution >= 0.6 is 69.1 Å². The molecule has 0 aliphatic carbocycles. The van der Waals surface area contributed by atoms with Gasteiger partial charge in [0.1, 0.15) is 12.1 Å². The largest absolute Gasteiger partial charge is 0.480 e. The normalized spacial score (nSPS) is 12.3. The molecule has 63 heavy (non-hydrogen) atoms. The summed E-state index contributed by atoms with van der Waals surface area (Å²) in [6.45, 7) is 10.1. The first-order chi connectivity index (χ1) is 30.1. The van der Waals surface area contributed by atoms with Crippen molar-refractivity contribution in [2.45, 2.75) is 65.7 Å². The van der Waals surface area contributed by atoms with Crippen molar-refractivity contribution in [2.75, 3.05) is 30.8 Å². The Morgan fingerprint density at radius 2 is 1.10 bits per heavy atom. The van der Waals surface area contributed by atoms with E-state index >= 15 is 0 Å². The highest BCUT2D eigenvalue weighted by atomic mass is 35.5. The fourth-order valence-corrected chi connectivity index (χ4v) is 9.48. The lowest BCUT2D eigenvalue weighted by molar-refractivity contribution is -0.142. The molecule has 0 bridgehead atoms. The number of aliphatic carboxylic acids is 2. The molecule has 4 aromatic carbocycles. The van der Waals surface area contributed by atoms with Crippen LogP contribution in [-0.2, 0) is 35.5 Å². The predicted molar refractivity (Wildman–Crippen MR) is 263 cm³/mol. The number of thiazole rings is 2. The van der Waals surface area contributed by atoms with E-state index < -0.39 is 24.0 Å². The fourth-order valence-electron chi connectivity index (χ4n) is 6.48. The first-order valence-corrected chi connectivity index (χ1v) is 23.6. The molecule has 0 saturated heterocycles. The maximum absolute atomic E-state index is 11.9. The number of hydrogen-bond acceptors (Lipinski definition) is 10. The maximum atomic E-state index is 11.9. The number of benzene rings is 4. The molecular formula is C47H52Cl4N6O4S2. The Hall–Kier alpha value is -4.24. The Balaban J connectivity index is 0.000000238. The minimum atomic E-state index is -0.910. The molecule has 2 heterocycles. The Bertz CT molecular complexity index is 2420. The SMILES string of the molecule is CC(C)Cc1sc(NCC(C(=O)O)N(C)Cc2ccccc2)nc1-c1ccc(Cl)c(Cl)c1.CC(C)Cc1sc(NCC(NCc2ccccc2)C(=O)O)nc1-c1ccc(Cl)c(Cl)c1. The van der Waals surface area contributed by atoms with E-state index in [9.17, 15) is 19.8 Å². The van der Waals surface area contributed by atoms with Crippen molar-refractivity contribution in [3.63, 3.8) is 0 Å². The fraction of sp³-hybridized carbons (Fsp3) is 0.319. The summed E-state index contributed by atoms with van der Waals surface area (Å²) in [5.41, 5.74) is 5.60. The number of halogens is 4. The smallest absolute Gasteiger partial charge is 0.322 e. The number of anilines is 2. The second-order valence-electron chi connectivity index (χ2n) is 15.8. The zero-order valence-corrected chi connectivity index (χ0v) is 40.3. The molecule has 0 spiro atoms. The number of nitrogens with one attached hydrogen (secondary N) is 3. The summed E-state index contributed by atoms with van der Waals surface area (Å²) in [4.78, 5) is 37.2. The van der Waals surface area contributed by atoms with Gasteiger partial charge in [0.25, 0.3) is 0 Å². The van der Waals surface area contributed by atoms with Crippen molar-refractivity contribution in [1.29, 1.82) is 0 Å². The van der Waals surface area contributed by atoms with Crippen LogP contribution in [0, 0.1) is 11.8 Å². The van der Waals surface area contributed by atoms with Crippen LogP contribution in [0.5, 0.6) is 0 Å². The molecule has 5 N–H and O–H groups in total. The topological polar surface area (TPSA) is 140 Å². The monoisotopic (exact) mass is 968 g/mol. The molecule has 0 aliphatic heterocycles. The lowest BCUT2D eigenvalue weighted by Gasteiger charge is -2.24. The summed E-state index contributed by atoms with van der Waals surface area (Å²) in [5, 5.41) is 32.3. The van der Waals surface area contributed by atoms with Gasteiger partial charge >= 0.3 is 11.9 Å². The van der Waals surface area contributed by atoms with Crippen LogP contribution in [-0.4, -0.2) is 69.2 Å². The van der Waals surface area contributed by atoms with E-state index in [1.807, 2.05) is 96.9 Å². The third kappa shape index (κ3) is 15.2. The maximum Gasteiger partial charge on any atom is 0.322 e. The molecule has 0 fully saturated rings. The van der Waals surface area contributed by atoms with Gasteiger partial charge in [0.05, 0.1) is 31.5 Å². The highest BCUT2D eigenvalue weighted by Crippen LogP contribution is 2.37. The van der Waals surface area contributed by atoms with Crippen LogP contribution in [0.4, 0.5) is 10.3 Å². The molecule has 2 atom stereocenters. The van der Waals surface area contributed by atoms with E-state index in [0.29, 0.717) is 55.3 Å². The molecule has 2 unspecified atom stereocenters. The van der Waals surface area contributed by atoms with Gasteiger partial charge in [-0.1, -0.05) is 147 Å². The van der Waals surface area contributed by atoms with Crippen molar-refractivity contribution in [1.82, 2.24) is 20.2 Å². The first-order valence-electron chi connectivity index (χ1n) is 20.4. The lowest BCUT2D eigenvalue weighted by Crippen LogP contribution is -2.43. The average Bonchev–Trinajstić information content (AvgIpc) is 3.83. The molecule has 0 radical (unpaired) electrons. The van der Waals surface area contributed by atoms with E-state index in [1.54, 1.807) is 34.8 Å². The molecule has 16 heteroatoms. The van der Waals surface area contributed by atoms with E-state index in [4.69, 9.17) is 56.4 Å². The lowest BCUT2D eigenvalue weighted by atomic mass is 10.0. The standard InChI is InChI=1S/C24H27Cl2N3O2S.C23H25Cl2N3O2S/c1-15(2)11-21-22(17-9-10-18(25)19(26)12-17)28-24(32-21)27-13-20(23(30)31)29(3)14-16-7-5-4-6-8-16;1-14(2)10-20-21(16-8-9-17(24)18(25)11-16)28-23(31-20)27-13-19(22(29)30)26-12-15-6-4-3-5-7-15/h4-10,12,15,20H,11,13-14H2,1-3H3,(H,27,28)(H,30,31);3-9,11,14,19,26H,10,12-13H2,1-2H3,(H,27,28)(H,29,30). The van der Waals surface area contributed by atoms with E-state index in [1.165, 1.54) is 0 Å². The Labute approximate surface area is 397 Å². The number of nitrogens with zero attached hydrogens (tertiary/aromatic N) is 3. The second-order valence-corrected chi connectivity index (χ2v) is 19.6. The van der Waals surface area contributed by atoms with E-state index in [0.717, 1.165) is 56.2 Å². The van der Waals surface area contributed by atoms with Crippen molar-refractivity contribution in [2.24, 2.45) is 11.8 Å². The van der Waals surface area contributed by atoms with Crippen molar-refractivity contribution in [3.8, 4) is 22.5 Å². The zero-order valence-electron chi connectivity index (χ0n) is 35.7. The average molecular weight is 971 g/mol. The van der Waals surface area contributed by atoms with Gasteiger partial charge < -0.3 is 20.8 Å². The molecule has 10 nitrogen and oxygen atoms in total. The Kier molecular flexibility index (Phi) is 19.1. The predicted octanol–water partition coefficient (Wildman–Crippen LogP) is 12.3. The van der Waals surface area contributed by atoms with Gasteiger partial charge in [-0.2, -0.15) is 0 Å². The van der Waals surface area contributed by atoms with Crippen molar-refractivity contribution < 1.29 is 19.8 Å². The van der Waals surface area contributed by atoms with Gasteiger partial charge in [0.15, 0.2) is 10.3 Å². The molecule has 2 aromatic heterocycles. The summed E-state index contributed by atoms with van der Waals surface area (Å²) < 4.78 is 0. The molecule has 0 saturated carbocycles. The first kappa shape index (κ1) is 49.8. The Morgan fingerprint density at radius 3 is 1.52 bits per heavy atom. The van der Waals surface area contributed by atoms with Gasteiger partial charge in [-0.3, -0.25) is 19.8 Å². The highest BCUT2D eigenvalue weighted by molar-refractivity contribution is 7.16. The van der Waals surface area contributed by atoms with Crippen LogP contribution in [0.1, 0.15) is 48.6 Å². The summed E-state index contributed by atoms with van der Waals surface area (Å²) in [6.07, 6.45) is 1.73. The highest BCUT2D eigenvalue weighted by Gasteiger charge is 2.24. The van der Waals surface area contributed by atoms with Crippen LogP contribution < -0.4 is 16.0 Å². The minimum Gasteiger partial charge on any atom is -0.480 e. The van der Waals surface area contributed by atoms with Gasteiger partial charge in [0, 0.05) is 47.1 Å². The van der Waals surface area contributed by atoms with Gasteiger partial charge in [-0.15, -0.1) is 22.7 Å². The summed E-state index contributed by atoms with van der Waals surface area (Å²) >= 11 is 27.7. The van der Waals surface area contributed by atoms with Crippen LogP contribution in [0.3, 0.4) is 0 Å². The molecule has 0 amide bonds. The van der Waals surface area contributed by atoms with Crippen molar-refractivity contribution in [3.05, 3.63) is 138 Å². The number of likely N-dealkylation sites (N-methyl/N-ethyl adjacent to an activating group) is 1. The van der Waals surface area contributed by atoms with E-state index in [-0.39, 0.29) is 13.1 Å². The summed E-state index contributed by atoms with van der Waals surface area (Å²) in [6, 6.07) is 29.1. The van der Waals surface area contributed by atoms with Gasteiger partial charge in [-0.05, 0) is 67.1 Å². The number of hydrogen-bond donors (Lipinski definition) is 5. The molecule has 6 rings (SSSR count). The summed E-state index contributed by atoms with van der Waals surface area (Å²) in [7, 11) is 1.82. The summed E-state index contributed by atoms with van der Waals surface area (Å²) in [5.74, 6) is -0.880. The zero-order chi connectivity index (χ0) is 45.6. The molecule has 6 aromatic rings. The number of carbonyl (C=O) groups is 2. The van der Waals surface area contributed by atoms with Crippen LogP contribution in [0.25, 0.3) is 22.5 Å². The number of aromatic nitrogens is 2. The molecular weight excluding hydrogens is 919 g/mol. The van der Waals surface area contributed by atoms with Crippen LogP contribution in [0.15, 0.2) is 97.1 Å². The quantitative estimate of drug-likeness (QED) is 0.0502. The second kappa shape index (κ2) is 24.2. The van der Waals surface area contributed by atoms with Crippen LogP contribution in [0.2, 0.25) is 20.1 Å². The number of carboxylic acids is 2. The van der Waals surface area contributed by atoms with Crippen molar-refractivity contribution >= 4 is 91.3 Å². The molecule has 0 aliphatic rings. The number of carboxylic acid groups (broad SMARTS) is 2. The van der Waals surface area contributed by atoms with Gasteiger partial charge in [0.2, 0.25) is 0 Å². The van der Waals surface area contributed by atoms with Gasteiger partial charge in [-0.25, -0.2) is 9.97 Å². The van der Waals surface area contributed by atoms with E-state index in [2.05, 4.69) is 43.6 Å². The number of rotatable bonds is 20. The Morgan fingerprint density at radius 1 is 0.635 bits per heavy atom. The third-order valence-corrected chi connectivity index (χ3v) is 13.2. The minimum absolute atomic E-state index is 0.220.